The highest BCUT2D eigenvalue weighted by Crippen LogP contribution is 1.98. The van der Waals surface area contributed by atoms with E-state index >= 15 is 0 Å². The molecule has 0 aromatic rings. The summed E-state index contributed by atoms with van der Waals surface area (Å²) >= 11 is 0. The largest absolute Gasteiger partial charge is 0.481 e. The Kier molecular flexibility index (Phi) is 9.31. The molecule has 0 bridgehead atoms. The van der Waals surface area contributed by atoms with E-state index in [9.17, 15) is 19.2 Å². The summed E-state index contributed by atoms with van der Waals surface area (Å²) in [6.45, 7) is 2.15. The number of aliphatic carboxylic acids is 2. The maximum atomic E-state index is 11.4. The van der Waals surface area contributed by atoms with E-state index in [1.165, 1.54) is 0 Å². The maximum Gasteiger partial charge on any atom is 0.326 e. The molecule has 0 fully saturated rings. The van der Waals surface area contributed by atoms with Crippen molar-refractivity contribution in [1.82, 2.24) is 10.6 Å². The Morgan fingerprint density at radius 2 is 1.81 bits per heavy atom. The summed E-state index contributed by atoms with van der Waals surface area (Å²) in [7, 11) is 0. The molecule has 0 heterocycles. The lowest BCUT2D eigenvalue weighted by Gasteiger charge is -2.14. The van der Waals surface area contributed by atoms with E-state index in [0.29, 0.717) is 6.42 Å². The van der Waals surface area contributed by atoms with Gasteiger partial charge in [-0.25, -0.2) is 9.59 Å². The van der Waals surface area contributed by atoms with Crippen LogP contribution in [0.1, 0.15) is 32.6 Å². The van der Waals surface area contributed by atoms with Crippen molar-refractivity contribution in [2.75, 3.05) is 13.2 Å². The molecule has 1 unspecified atom stereocenters. The highest BCUT2D eigenvalue weighted by Gasteiger charge is 2.20. The monoisotopic (exact) mass is 304 g/mol. The molecule has 0 aromatic heterocycles. The van der Waals surface area contributed by atoms with Crippen LogP contribution in [0.25, 0.3) is 0 Å². The molecule has 0 aliphatic heterocycles. The zero-order chi connectivity index (χ0) is 16.3. The van der Waals surface area contributed by atoms with E-state index < -0.39 is 24.0 Å². The van der Waals surface area contributed by atoms with E-state index in [1.54, 1.807) is 6.92 Å². The number of hydrogen-bond acceptors (Lipinski definition) is 5. The highest BCUT2D eigenvalue weighted by molar-refractivity contribution is 5.83. The van der Waals surface area contributed by atoms with Gasteiger partial charge in [0, 0.05) is 19.4 Å². The van der Waals surface area contributed by atoms with Gasteiger partial charge in [-0.1, -0.05) is 0 Å². The highest BCUT2D eigenvalue weighted by atomic mass is 16.5. The number of carboxylic acid groups (broad SMARTS) is 2. The van der Waals surface area contributed by atoms with Crippen LogP contribution in [-0.4, -0.2) is 53.3 Å². The van der Waals surface area contributed by atoms with Gasteiger partial charge in [-0.2, -0.15) is 0 Å². The summed E-state index contributed by atoms with van der Waals surface area (Å²) in [6.07, 6.45) is -0.0599. The molecule has 0 saturated carbocycles. The standard InChI is InChI=1S/C12H20N2O7/c1-2-21-10(17)4-3-7-13-12(20)14-8(11(18)19)5-6-9(15)16/h8H,2-7H2,1H3,(H,15,16)(H,18,19)(H2,13,14,20). The van der Waals surface area contributed by atoms with Gasteiger partial charge in [-0.3, -0.25) is 9.59 Å². The Labute approximate surface area is 121 Å². The average Bonchev–Trinajstić information content (AvgIpc) is 2.39. The molecule has 21 heavy (non-hydrogen) atoms. The molecular formula is C12H20N2O7. The molecule has 120 valence electrons. The van der Waals surface area contributed by atoms with Gasteiger partial charge in [-0.05, 0) is 19.8 Å². The fourth-order valence-electron chi connectivity index (χ4n) is 1.40. The first-order valence-electron chi connectivity index (χ1n) is 6.51. The van der Waals surface area contributed by atoms with Crippen molar-refractivity contribution in [3.63, 3.8) is 0 Å². The normalized spacial score (nSPS) is 11.3. The van der Waals surface area contributed by atoms with Crippen molar-refractivity contribution in [3.05, 3.63) is 0 Å². The molecule has 0 rings (SSSR count). The number of ether oxygens (including phenoxy) is 1. The van der Waals surface area contributed by atoms with Crippen LogP contribution in [0.2, 0.25) is 0 Å². The van der Waals surface area contributed by atoms with Gasteiger partial charge in [-0.15, -0.1) is 0 Å². The first-order chi connectivity index (χ1) is 9.86. The number of amides is 2. The number of esters is 1. The molecule has 0 aliphatic rings. The van der Waals surface area contributed by atoms with E-state index in [2.05, 4.69) is 10.6 Å². The first kappa shape index (κ1) is 18.7. The van der Waals surface area contributed by atoms with E-state index in [1.807, 2.05) is 0 Å². The van der Waals surface area contributed by atoms with E-state index in [-0.39, 0.29) is 38.4 Å². The third kappa shape index (κ3) is 10.2. The van der Waals surface area contributed by atoms with Gasteiger partial charge >= 0.3 is 23.9 Å². The molecule has 1 atom stereocenters. The Morgan fingerprint density at radius 3 is 2.33 bits per heavy atom. The van der Waals surface area contributed by atoms with Gasteiger partial charge in [0.25, 0.3) is 0 Å². The lowest BCUT2D eigenvalue weighted by molar-refractivity contribution is -0.143. The second-order valence-electron chi connectivity index (χ2n) is 4.13. The number of carbonyl (C=O) groups is 4. The molecule has 0 radical (unpaired) electrons. The Hall–Kier alpha value is -2.32. The summed E-state index contributed by atoms with van der Waals surface area (Å²) in [5.74, 6) is -2.82. The molecule has 2 amide bonds. The van der Waals surface area contributed by atoms with Gasteiger partial charge < -0.3 is 25.6 Å². The molecule has 0 aromatic carbocycles. The fraction of sp³-hybridized carbons (Fsp3) is 0.667. The summed E-state index contributed by atoms with van der Waals surface area (Å²) < 4.78 is 4.70. The van der Waals surface area contributed by atoms with Crippen molar-refractivity contribution in [3.8, 4) is 0 Å². The molecule has 9 nitrogen and oxygen atoms in total. The lowest BCUT2D eigenvalue weighted by Crippen LogP contribution is -2.46. The smallest absolute Gasteiger partial charge is 0.326 e. The summed E-state index contributed by atoms with van der Waals surface area (Å²) in [5, 5.41) is 21.9. The van der Waals surface area contributed by atoms with E-state index in [4.69, 9.17) is 14.9 Å². The fourth-order valence-corrected chi connectivity index (χ4v) is 1.40. The summed E-state index contributed by atoms with van der Waals surface area (Å²) in [4.78, 5) is 43.7. The minimum absolute atomic E-state index is 0.148. The van der Waals surface area contributed by atoms with E-state index in [0.717, 1.165) is 0 Å². The van der Waals surface area contributed by atoms with Gasteiger partial charge in [0.05, 0.1) is 6.61 Å². The van der Waals surface area contributed by atoms with Crippen LogP contribution < -0.4 is 10.6 Å². The number of rotatable bonds is 10. The zero-order valence-electron chi connectivity index (χ0n) is 11.8. The predicted octanol–water partition coefficient (Wildman–Crippen LogP) is -0.0531. The predicted molar refractivity (Wildman–Crippen MR) is 70.7 cm³/mol. The minimum Gasteiger partial charge on any atom is -0.481 e. The first-order valence-corrected chi connectivity index (χ1v) is 6.51. The van der Waals surface area contributed by atoms with Gasteiger partial charge in [0.2, 0.25) is 0 Å². The van der Waals surface area contributed by atoms with Crippen LogP contribution in [0.4, 0.5) is 4.79 Å². The Morgan fingerprint density at radius 1 is 1.14 bits per heavy atom. The summed E-state index contributed by atoms with van der Waals surface area (Å²) in [6, 6.07) is -2.00. The van der Waals surface area contributed by atoms with Crippen LogP contribution in [0.5, 0.6) is 0 Å². The lowest BCUT2D eigenvalue weighted by atomic mass is 10.1. The number of nitrogens with one attached hydrogen (secondary N) is 2. The third-order valence-electron chi connectivity index (χ3n) is 2.40. The summed E-state index contributed by atoms with van der Waals surface area (Å²) in [5.41, 5.74) is 0. The molecular weight excluding hydrogens is 284 g/mol. The van der Waals surface area contributed by atoms with Crippen LogP contribution in [0.15, 0.2) is 0 Å². The third-order valence-corrected chi connectivity index (χ3v) is 2.40. The van der Waals surface area contributed by atoms with Crippen molar-refractivity contribution in [2.45, 2.75) is 38.6 Å². The van der Waals surface area contributed by atoms with Gasteiger partial charge in [0.15, 0.2) is 0 Å². The SMILES string of the molecule is CCOC(=O)CCCNC(=O)NC(CCC(=O)O)C(=O)O. The van der Waals surface area contributed by atoms with Crippen molar-refractivity contribution >= 4 is 23.9 Å². The minimum atomic E-state index is -1.31. The number of hydrogen-bond donors (Lipinski definition) is 4. The number of carboxylic acids is 2. The van der Waals surface area contributed by atoms with Gasteiger partial charge in [0.1, 0.15) is 6.04 Å². The van der Waals surface area contributed by atoms with Crippen LogP contribution >= 0.6 is 0 Å². The molecule has 0 saturated heterocycles. The van der Waals surface area contributed by atoms with Crippen molar-refractivity contribution < 1.29 is 34.1 Å². The zero-order valence-corrected chi connectivity index (χ0v) is 11.8. The molecule has 9 heteroatoms. The van der Waals surface area contributed by atoms with Crippen LogP contribution in [-0.2, 0) is 19.1 Å². The maximum absolute atomic E-state index is 11.4. The molecule has 0 spiro atoms. The second kappa shape index (κ2) is 10.5. The topological polar surface area (TPSA) is 142 Å². The Bertz CT molecular complexity index is 384. The quantitative estimate of drug-likeness (QED) is 0.327. The number of urea groups is 1. The van der Waals surface area contributed by atoms with Crippen LogP contribution in [0, 0.1) is 0 Å². The average molecular weight is 304 g/mol. The van der Waals surface area contributed by atoms with Crippen molar-refractivity contribution in [1.29, 1.82) is 0 Å². The Balaban J connectivity index is 3.95. The molecule has 4 N–H and O–H groups in total. The number of carbonyl (C=O) groups excluding carboxylic acids is 2. The van der Waals surface area contributed by atoms with Crippen LogP contribution in [0.3, 0.4) is 0 Å². The molecule has 0 aliphatic carbocycles. The van der Waals surface area contributed by atoms with Crippen molar-refractivity contribution in [2.24, 2.45) is 0 Å². The second-order valence-corrected chi connectivity index (χ2v) is 4.13.